The van der Waals surface area contributed by atoms with Gasteiger partial charge in [0.05, 0.1) is 6.04 Å². The molecule has 5 heteroatoms. The summed E-state index contributed by atoms with van der Waals surface area (Å²) in [6, 6.07) is 9.61. The summed E-state index contributed by atoms with van der Waals surface area (Å²) in [6.07, 6.45) is 0.553. The molecule has 1 saturated heterocycles. The van der Waals surface area contributed by atoms with Crippen LogP contribution in [0.2, 0.25) is 0 Å². The molecule has 0 spiro atoms. The molecular weight excluding hydrogens is 244 g/mol. The third-order valence-electron chi connectivity index (χ3n) is 3.46. The maximum absolute atomic E-state index is 11.9. The molecule has 2 unspecified atom stereocenters. The smallest absolute Gasteiger partial charge is 0.318 e. The predicted octanol–water partition coefficient (Wildman–Crippen LogP) is 2.01. The van der Waals surface area contributed by atoms with Crippen LogP contribution in [-0.2, 0) is 4.79 Å². The quantitative estimate of drug-likeness (QED) is 0.852. The highest BCUT2D eigenvalue weighted by Gasteiger charge is 2.32. The molecule has 0 saturated carbocycles. The van der Waals surface area contributed by atoms with E-state index in [9.17, 15) is 9.59 Å². The number of hydrogen-bond donors (Lipinski definition) is 2. The number of nitrogens with zero attached hydrogens (tertiary/aromatic N) is 1. The molecule has 0 bridgehead atoms. The molecule has 1 aromatic carbocycles. The lowest BCUT2D eigenvalue weighted by Gasteiger charge is -2.23. The predicted molar refractivity (Wildman–Crippen MR) is 70.8 cm³/mol. The Morgan fingerprint density at radius 3 is 2.79 bits per heavy atom. The highest BCUT2D eigenvalue weighted by Crippen LogP contribution is 2.23. The Labute approximate surface area is 112 Å². The van der Waals surface area contributed by atoms with Gasteiger partial charge in [-0.25, -0.2) is 4.79 Å². The van der Waals surface area contributed by atoms with Gasteiger partial charge in [0.2, 0.25) is 0 Å². The maximum atomic E-state index is 11.9. The largest absolute Gasteiger partial charge is 0.481 e. The van der Waals surface area contributed by atoms with E-state index in [0.29, 0.717) is 13.0 Å². The van der Waals surface area contributed by atoms with E-state index in [2.05, 4.69) is 5.32 Å². The fourth-order valence-corrected chi connectivity index (χ4v) is 2.33. The van der Waals surface area contributed by atoms with Crippen molar-refractivity contribution in [2.45, 2.75) is 31.8 Å². The van der Waals surface area contributed by atoms with E-state index in [1.807, 2.05) is 37.3 Å². The minimum atomic E-state index is -0.830. The topological polar surface area (TPSA) is 69.6 Å². The fourth-order valence-electron chi connectivity index (χ4n) is 2.33. The number of urea groups is 1. The van der Waals surface area contributed by atoms with Crippen LogP contribution in [0.3, 0.4) is 0 Å². The standard InChI is InChI=1S/C14H18N2O3/c1-10(11-5-3-2-4-6-11)16-9-12(15-14(16)19)7-8-13(17)18/h2-6,10,12H,7-9H2,1H3,(H,15,19)(H,17,18). The molecule has 1 heterocycles. The van der Waals surface area contributed by atoms with Crippen LogP contribution in [0.4, 0.5) is 4.79 Å². The van der Waals surface area contributed by atoms with Gasteiger partial charge in [0, 0.05) is 19.0 Å². The molecule has 2 amide bonds. The first kappa shape index (κ1) is 13.4. The Bertz CT molecular complexity index is 461. The van der Waals surface area contributed by atoms with Crippen molar-refractivity contribution in [2.75, 3.05) is 6.54 Å². The zero-order chi connectivity index (χ0) is 13.8. The summed E-state index contributed by atoms with van der Waals surface area (Å²) in [6.45, 7) is 2.54. The molecule has 0 aliphatic carbocycles. The molecule has 2 rings (SSSR count). The molecule has 1 fully saturated rings. The van der Waals surface area contributed by atoms with Crippen molar-refractivity contribution in [1.82, 2.24) is 10.2 Å². The van der Waals surface area contributed by atoms with E-state index < -0.39 is 5.97 Å². The molecule has 0 radical (unpaired) electrons. The monoisotopic (exact) mass is 262 g/mol. The number of aliphatic carboxylic acids is 1. The van der Waals surface area contributed by atoms with Crippen LogP contribution in [0, 0.1) is 0 Å². The first-order valence-electron chi connectivity index (χ1n) is 6.42. The van der Waals surface area contributed by atoms with Crippen LogP contribution in [0.25, 0.3) is 0 Å². The Morgan fingerprint density at radius 1 is 1.47 bits per heavy atom. The number of carbonyl (C=O) groups excluding carboxylic acids is 1. The minimum Gasteiger partial charge on any atom is -0.481 e. The summed E-state index contributed by atoms with van der Waals surface area (Å²) in [5, 5.41) is 11.5. The summed E-state index contributed by atoms with van der Waals surface area (Å²) < 4.78 is 0. The Morgan fingerprint density at radius 2 is 2.16 bits per heavy atom. The van der Waals surface area contributed by atoms with Crippen molar-refractivity contribution < 1.29 is 14.7 Å². The zero-order valence-corrected chi connectivity index (χ0v) is 10.9. The number of carboxylic acid groups (broad SMARTS) is 1. The second kappa shape index (κ2) is 5.73. The van der Waals surface area contributed by atoms with Crippen LogP contribution in [-0.4, -0.2) is 34.6 Å². The SMILES string of the molecule is CC(c1ccccc1)N1CC(CCC(=O)O)NC1=O. The zero-order valence-electron chi connectivity index (χ0n) is 10.9. The van der Waals surface area contributed by atoms with Crippen LogP contribution in [0.5, 0.6) is 0 Å². The Kier molecular flexibility index (Phi) is 4.04. The lowest BCUT2D eigenvalue weighted by molar-refractivity contribution is -0.137. The van der Waals surface area contributed by atoms with Gasteiger partial charge in [-0.3, -0.25) is 4.79 Å². The third kappa shape index (κ3) is 3.24. The number of rotatable bonds is 5. The molecule has 2 N–H and O–H groups in total. The van der Waals surface area contributed by atoms with Gasteiger partial charge in [-0.1, -0.05) is 30.3 Å². The summed E-state index contributed by atoms with van der Waals surface area (Å²) >= 11 is 0. The normalized spacial score (nSPS) is 20.2. The molecule has 19 heavy (non-hydrogen) atoms. The van der Waals surface area contributed by atoms with Gasteiger partial charge >= 0.3 is 12.0 Å². The van der Waals surface area contributed by atoms with Crippen molar-refractivity contribution in [3.63, 3.8) is 0 Å². The van der Waals surface area contributed by atoms with E-state index in [4.69, 9.17) is 5.11 Å². The van der Waals surface area contributed by atoms with Crippen molar-refractivity contribution in [1.29, 1.82) is 0 Å². The number of amides is 2. The first-order valence-corrected chi connectivity index (χ1v) is 6.42. The number of carbonyl (C=O) groups is 2. The van der Waals surface area contributed by atoms with Crippen molar-refractivity contribution in [3.8, 4) is 0 Å². The van der Waals surface area contributed by atoms with Gasteiger partial charge in [0.15, 0.2) is 0 Å². The average Bonchev–Trinajstić information content (AvgIpc) is 2.78. The molecule has 1 aliphatic heterocycles. The van der Waals surface area contributed by atoms with E-state index >= 15 is 0 Å². The molecule has 1 aromatic rings. The van der Waals surface area contributed by atoms with Crippen molar-refractivity contribution >= 4 is 12.0 Å². The van der Waals surface area contributed by atoms with Crippen molar-refractivity contribution in [3.05, 3.63) is 35.9 Å². The summed E-state index contributed by atoms with van der Waals surface area (Å²) in [5.41, 5.74) is 1.08. The van der Waals surface area contributed by atoms with Crippen LogP contribution < -0.4 is 5.32 Å². The molecule has 1 aliphatic rings. The van der Waals surface area contributed by atoms with Gasteiger partial charge in [-0.2, -0.15) is 0 Å². The molecule has 102 valence electrons. The molecular formula is C14H18N2O3. The van der Waals surface area contributed by atoms with E-state index in [-0.39, 0.29) is 24.5 Å². The second-order valence-electron chi connectivity index (χ2n) is 4.82. The number of nitrogens with one attached hydrogen (secondary N) is 1. The lowest BCUT2D eigenvalue weighted by Crippen LogP contribution is -2.30. The molecule has 0 aromatic heterocycles. The highest BCUT2D eigenvalue weighted by atomic mass is 16.4. The van der Waals surface area contributed by atoms with Crippen LogP contribution in [0.1, 0.15) is 31.4 Å². The highest BCUT2D eigenvalue weighted by molar-refractivity contribution is 5.77. The number of benzene rings is 1. The van der Waals surface area contributed by atoms with Crippen LogP contribution in [0.15, 0.2) is 30.3 Å². The Balaban J connectivity index is 1.98. The van der Waals surface area contributed by atoms with Gasteiger partial charge < -0.3 is 15.3 Å². The molecule has 2 atom stereocenters. The second-order valence-corrected chi connectivity index (χ2v) is 4.82. The third-order valence-corrected chi connectivity index (χ3v) is 3.46. The van der Waals surface area contributed by atoms with E-state index in [1.54, 1.807) is 4.90 Å². The van der Waals surface area contributed by atoms with E-state index in [1.165, 1.54) is 0 Å². The lowest BCUT2D eigenvalue weighted by atomic mass is 10.1. The van der Waals surface area contributed by atoms with Gasteiger partial charge in [0.1, 0.15) is 0 Å². The minimum absolute atomic E-state index is 0.00368. The van der Waals surface area contributed by atoms with Crippen LogP contribution >= 0.6 is 0 Å². The summed E-state index contributed by atoms with van der Waals surface area (Å²) in [4.78, 5) is 24.2. The Hall–Kier alpha value is -2.04. The summed E-state index contributed by atoms with van der Waals surface area (Å²) in [5.74, 6) is -0.830. The van der Waals surface area contributed by atoms with Crippen molar-refractivity contribution in [2.24, 2.45) is 0 Å². The fraction of sp³-hybridized carbons (Fsp3) is 0.429. The van der Waals surface area contributed by atoms with E-state index in [0.717, 1.165) is 5.56 Å². The molecule has 5 nitrogen and oxygen atoms in total. The van der Waals surface area contributed by atoms with Gasteiger partial charge in [0.25, 0.3) is 0 Å². The first-order chi connectivity index (χ1) is 9.08. The maximum Gasteiger partial charge on any atom is 0.318 e. The number of carboxylic acids is 1. The van der Waals surface area contributed by atoms with Gasteiger partial charge in [-0.05, 0) is 18.9 Å². The number of hydrogen-bond acceptors (Lipinski definition) is 2. The summed E-state index contributed by atoms with van der Waals surface area (Å²) in [7, 11) is 0. The average molecular weight is 262 g/mol. The van der Waals surface area contributed by atoms with Gasteiger partial charge in [-0.15, -0.1) is 0 Å².